The van der Waals surface area contributed by atoms with Crippen LogP contribution in [0.4, 0.5) is 11.6 Å². The minimum absolute atomic E-state index is 0.0318. The molecule has 0 fully saturated rings. The van der Waals surface area contributed by atoms with Crippen LogP contribution in [0.3, 0.4) is 0 Å². The Labute approximate surface area is 123 Å². The third-order valence-corrected chi connectivity index (χ3v) is 3.34. The van der Waals surface area contributed by atoms with E-state index in [-0.39, 0.29) is 12.4 Å². The van der Waals surface area contributed by atoms with E-state index in [4.69, 9.17) is 9.81 Å². The molecule has 0 aliphatic rings. The maximum atomic E-state index is 10.7. The largest absolute Gasteiger partial charge is 0.369 e. The predicted molar refractivity (Wildman–Crippen MR) is 80.9 cm³/mol. The normalized spacial score (nSPS) is 10.9. The summed E-state index contributed by atoms with van der Waals surface area (Å²) < 4.78 is 30.0. The van der Waals surface area contributed by atoms with Crippen LogP contribution in [0, 0.1) is 18.3 Å². The van der Waals surface area contributed by atoms with E-state index in [0.717, 1.165) is 5.56 Å². The Hall–Kier alpha value is -1.50. The summed E-state index contributed by atoms with van der Waals surface area (Å²) in [5.41, 5.74) is 1.07. The zero-order chi connectivity index (χ0) is 15.2. The summed E-state index contributed by atoms with van der Waals surface area (Å²) in [6.07, 6.45) is 0. The Morgan fingerprint density at radius 3 is 2.70 bits per heavy atom. The number of aryl methyl sites for hydroxylation is 1. The first-order valence-corrected chi connectivity index (χ1v) is 8.07. The molecule has 20 heavy (non-hydrogen) atoms. The van der Waals surface area contributed by atoms with Crippen LogP contribution in [0.5, 0.6) is 0 Å². The summed E-state index contributed by atoms with van der Waals surface area (Å²) in [4.78, 5) is 4.21. The summed E-state index contributed by atoms with van der Waals surface area (Å²) >= 11 is 4.08. The van der Waals surface area contributed by atoms with E-state index in [9.17, 15) is 8.42 Å². The van der Waals surface area contributed by atoms with Gasteiger partial charge in [-0.2, -0.15) is 26.3 Å². The molecule has 0 radical (unpaired) electrons. The number of thiol groups is 1. The van der Waals surface area contributed by atoms with Crippen molar-refractivity contribution in [2.24, 2.45) is 0 Å². The molecular formula is C11H16N4O3S2. The second-order valence-corrected chi connectivity index (χ2v) is 6.04. The molecule has 0 aliphatic heterocycles. The number of nitriles is 1. The first-order chi connectivity index (χ1) is 9.37. The van der Waals surface area contributed by atoms with Crippen LogP contribution in [0.25, 0.3) is 0 Å². The van der Waals surface area contributed by atoms with Crippen LogP contribution in [0.15, 0.2) is 6.07 Å². The van der Waals surface area contributed by atoms with Crippen molar-refractivity contribution < 1.29 is 13.0 Å². The van der Waals surface area contributed by atoms with Gasteiger partial charge in [0, 0.05) is 18.8 Å². The summed E-state index contributed by atoms with van der Waals surface area (Å²) in [5.74, 6) is 1.04. The Bertz CT molecular complexity index is 611. The first kappa shape index (κ1) is 16.6. The quantitative estimate of drug-likeness (QED) is 0.436. The molecule has 0 aliphatic carbocycles. The molecule has 9 heteroatoms. The van der Waals surface area contributed by atoms with Crippen molar-refractivity contribution in [2.45, 2.75) is 6.92 Å². The summed E-state index contributed by atoms with van der Waals surface area (Å²) in [6.45, 7) is 2.35. The molecule has 0 atom stereocenters. The van der Waals surface area contributed by atoms with E-state index in [1.807, 2.05) is 6.07 Å². The van der Waals surface area contributed by atoms with Gasteiger partial charge in [-0.15, -0.1) is 0 Å². The molecule has 0 bridgehead atoms. The molecule has 0 unspecified atom stereocenters. The van der Waals surface area contributed by atoms with E-state index in [1.54, 1.807) is 13.0 Å². The first-order valence-electron chi connectivity index (χ1n) is 5.83. The number of nitrogens with one attached hydrogen (secondary N) is 2. The third kappa shape index (κ3) is 5.24. The molecule has 0 saturated carbocycles. The van der Waals surface area contributed by atoms with Gasteiger partial charge < -0.3 is 10.6 Å². The smallest absolute Gasteiger partial charge is 0.266 e. The van der Waals surface area contributed by atoms with Gasteiger partial charge in [-0.1, -0.05) is 0 Å². The fourth-order valence-electron chi connectivity index (χ4n) is 1.51. The van der Waals surface area contributed by atoms with E-state index < -0.39 is 15.9 Å². The zero-order valence-electron chi connectivity index (χ0n) is 10.9. The van der Waals surface area contributed by atoms with Crippen molar-refractivity contribution >= 4 is 34.4 Å². The van der Waals surface area contributed by atoms with E-state index in [2.05, 4.69) is 28.2 Å². The van der Waals surface area contributed by atoms with Gasteiger partial charge in [0.25, 0.3) is 10.1 Å². The second-order valence-electron chi connectivity index (χ2n) is 4.02. The molecule has 0 spiro atoms. The minimum Gasteiger partial charge on any atom is -0.369 e. The monoisotopic (exact) mass is 316 g/mol. The lowest BCUT2D eigenvalue weighted by atomic mass is 10.1. The van der Waals surface area contributed by atoms with Crippen LogP contribution in [0.2, 0.25) is 0 Å². The van der Waals surface area contributed by atoms with Gasteiger partial charge in [0.1, 0.15) is 17.7 Å². The van der Waals surface area contributed by atoms with Crippen molar-refractivity contribution in [3.05, 3.63) is 17.2 Å². The molecule has 3 N–H and O–H groups in total. The minimum atomic E-state index is -4.05. The number of hydrogen-bond donors (Lipinski definition) is 4. The summed E-state index contributed by atoms with van der Waals surface area (Å²) in [5, 5.41) is 14.9. The highest BCUT2D eigenvalue weighted by Gasteiger charge is 2.11. The lowest BCUT2D eigenvalue weighted by Crippen LogP contribution is -2.17. The predicted octanol–water partition coefficient (Wildman–Crippen LogP) is 0.903. The molecule has 1 heterocycles. The van der Waals surface area contributed by atoms with Crippen molar-refractivity contribution in [3.63, 3.8) is 0 Å². The molecule has 110 valence electrons. The Morgan fingerprint density at radius 2 is 2.15 bits per heavy atom. The third-order valence-electron chi connectivity index (χ3n) is 2.40. The van der Waals surface area contributed by atoms with Crippen molar-refractivity contribution in [1.82, 2.24) is 4.98 Å². The highest BCUT2D eigenvalue weighted by Crippen LogP contribution is 2.20. The van der Waals surface area contributed by atoms with Crippen molar-refractivity contribution in [1.29, 1.82) is 5.26 Å². The summed E-state index contributed by atoms with van der Waals surface area (Å²) in [6, 6.07) is 3.75. The van der Waals surface area contributed by atoms with Crippen LogP contribution >= 0.6 is 12.6 Å². The lowest BCUT2D eigenvalue weighted by Gasteiger charge is -2.12. The maximum Gasteiger partial charge on any atom is 0.266 e. The average molecular weight is 316 g/mol. The SMILES string of the molecule is Cc1cc(NCCS)nc(NCCS(=O)(=O)O)c1C#N. The highest BCUT2D eigenvalue weighted by atomic mass is 32.2. The van der Waals surface area contributed by atoms with E-state index >= 15 is 0 Å². The lowest BCUT2D eigenvalue weighted by molar-refractivity contribution is 0.484. The Balaban J connectivity index is 2.91. The van der Waals surface area contributed by atoms with Gasteiger partial charge in [-0.05, 0) is 18.6 Å². The number of nitrogens with zero attached hydrogens (tertiary/aromatic N) is 2. The highest BCUT2D eigenvalue weighted by molar-refractivity contribution is 7.85. The van der Waals surface area contributed by atoms with Gasteiger partial charge in [0.2, 0.25) is 0 Å². The van der Waals surface area contributed by atoms with Crippen molar-refractivity contribution in [3.8, 4) is 6.07 Å². The number of rotatable bonds is 7. The molecule has 0 aromatic carbocycles. The molecule has 1 aromatic heterocycles. The number of anilines is 2. The standard InChI is InChI=1S/C11H16N4O3S2/c1-8-6-10(13-2-4-19)15-11(9(8)7-12)14-3-5-20(16,17)18/h6,19H,2-5H2,1H3,(H2,13,14,15)(H,16,17,18). The molecule has 1 rings (SSSR count). The van der Waals surface area contributed by atoms with Gasteiger partial charge in [-0.3, -0.25) is 4.55 Å². The molecule has 0 amide bonds. The van der Waals surface area contributed by atoms with Gasteiger partial charge in [0.15, 0.2) is 0 Å². The van der Waals surface area contributed by atoms with Gasteiger partial charge >= 0.3 is 0 Å². The van der Waals surface area contributed by atoms with Crippen LogP contribution in [-0.2, 0) is 10.1 Å². The summed E-state index contributed by atoms with van der Waals surface area (Å²) in [7, 11) is -4.05. The number of pyridine rings is 1. The van der Waals surface area contributed by atoms with Crippen LogP contribution < -0.4 is 10.6 Å². The van der Waals surface area contributed by atoms with Gasteiger partial charge in [0.05, 0.1) is 11.3 Å². The topological polar surface area (TPSA) is 115 Å². The molecule has 0 saturated heterocycles. The zero-order valence-corrected chi connectivity index (χ0v) is 12.6. The average Bonchev–Trinajstić information content (AvgIpc) is 2.34. The number of aromatic nitrogens is 1. The molecule has 1 aromatic rings. The second kappa shape index (κ2) is 7.33. The van der Waals surface area contributed by atoms with Crippen LogP contribution in [-0.4, -0.2) is 42.5 Å². The fraction of sp³-hybridized carbons (Fsp3) is 0.455. The van der Waals surface area contributed by atoms with E-state index in [0.29, 0.717) is 23.7 Å². The molecule has 7 nitrogen and oxygen atoms in total. The Morgan fingerprint density at radius 1 is 1.45 bits per heavy atom. The van der Waals surface area contributed by atoms with Crippen LogP contribution in [0.1, 0.15) is 11.1 Å². The molecular weight excluding hydrogens is 300 g/mol. The fourth-order valence-corrected chi connectivity index (χ4v) is 1.99. The maximum absolute atomic E-state index is 10.7. The Kier molecular flexibility index (Phi) is 6.06. The number of hydrogen-bond acceptors (Lipinski definition) is 7. The van der Waals surface area contributed by atoms with E-state index in [1.165, 1.54) is 0 Å². The van der Waals surface area contributed by atoms with Gasteiger partial charge in [-0.25, -0.2) is 4.98 Å². The van der Waals surface area contributed by atoms with Crippen molar-refractivity contribution in [2.75, 3.05) is 35.2 Å².